The highest BCUT2D eigenvalue weighted by Gasteiger charge is 2.16. The SMILES string of the molecule is CCCCCCCN(CCCCCCC)C(=N)c1ccc(OCCC)c2ccccc12. The second-order valence-electron chi connectivity index (χ2n) is 8.67. The molecule has 172 valence electrons. The second-order valence-corrected chi connectivity index (χ2v) is 8.67. The zero-order chi connectivity index (χ0) is 22.3. The van der Waals surface area contributed by atoms with Crippen LogP contribution in [-0.4, -0.2) is 30.4 Å². The monoisotopic (exact) mass is 424 g/mol. The molecule has 0 aliphatic heterocycles. The lowest BCUT2D eigenvalue weighted by Gasteiger charge is -2.26. The summed E-state index contributed by atoms with van der Waals surface area (Å²) in [4.78, 5) is 2.33. The Bertz CT molecular complexity index is 757. The van der Waals surface area contributed by atoms with Crippen LogP contribution in [0.1, 0.15) is 97.0 Å². The van der Waals surface area contributed by atoms with Gasteiger partial charge in [-0.1, -0.05) is 96.4 Å². The van der Waals surface area contributed by atoms with E-state index in [-0.39, 0.29) is 0 Å². The maximum atomic E-state index is 9.10. The molecule has 2 rings (SSSR count). The zero-order valence-corrected chi connectivity index (χ0v) is 20.2. The highest BCUT2D eigenvalue weighted by molar-refractivity contribution is 6.09. The van der Waals surface area contributed by atoms with Gasteiger partial charge < -0.3 is 9.64 Å². The van der Waals surface area contributed by atoms with E-state index in [1.54, 1.807) is 0 Å². The number of ether oxygens (including phenoxy) is 1. The van der Waals surface area contributed by atoms with Crippen LogP contribution in [0.4, 0.5) is 0 Å². The first-order valence-corrected chi connectivity index (χ1v) is 12.7. The lowest BCUT2D eigenvalue weighted by Crippen LogP contribution is -2.33. The molecular formula is C28H44N2O. The van der Waals surface area contributed by atoms with Crippen molar-refractivity contribution in [3.8, 4) is 5.75 Å². The van der Waals surface area contributed by atoms with E-state index in [2.05, 4.69) is 62.1 Å². The molecule has 0 spiro atoms. The predicted molar refractivity (Wildman–Crippen MR) is 136 cm³/mol. The Morgan fingerprint density at radius 3 is 1.87 bits per heavy atom. The quantitative estimate of drug-likeness (QED) is 0.167. The lowest BCUT2D eigenvalue weighted by molar-refractivity contribution is 0.321. The van der Waals surface area contributed by atoms with Crippen LogP contribution in [0.25, 0.3) is 10.8 Å². The summed E-state index contributed by atoms with van der Waals surface area (Å²) in [6, 6.07) is 12.5. The number of amidine groups is 1. The Kier molecular flexibility index (Phi) is 12.1. The Morgan fingerprint density at radius 2 is 1.29 bits per heavy atom. The van der Waals surface area contributed by atoms with E-state index in [0.29, 0.717) is 5.84 Å². The molecule has 0 saturated carbocycles. The number of nitrogens with one attached hydrogen (secondary N) is 1. The molecule has 0 aromatic heterocycles. The van der Waals surface area contributed by atoms with Crippen molar-refractivity contribution < 1.29 is 4.74 Å². The first-order valence-electron chi connectivity index (χ1n) is 12.7. The normalized spacial score (nSPS) is 11.1. The first kappa shape index (κ1) is 25.2. The van der Waals surface area contributed by atoms with E-state index in [1.165, 1.54) is 64.2 Å². The maximum Gasteiger partial charge on any atom is 0.128 e. The smallest absolute Gasteiger partial charge is 0.128 e. The summed E-state index contributed by atoms with van der Waals surface area (Å²) in [5.74, 6) is 1.60. The van der Waals surface area contributed by atoms with Gasteiger partial charge >= 0.3 is 0 Å². The van der Waals surface area contributed by atoms with E-state index in [0.717, 1.165) is 48.2 Å². The molecule has 0 atom stereocenters. The van der Waals surface area contributed by atoms with Crippen LogP contribution in [0.3, 0.4) is 0 Å². The van der Waals surface area contributed by atoms with E-state index in [1.807, 2.05) is 0 Å². The molecule has 3 nitrogen and oxygen atoms in total. The molecule has 31 heavy (non-hydrogen) atoms. The number of nitrogens with zero attached hydrogens (tertiary/aromatic N) is 1. The summed E-state index contributed by atoms with van der Waals surface area (Å²) in [6.45, 7) is 9.35. The van der Waals surface area contributed by atoms with Crippen LogP contribution in [0, 0.1) is 5.41 Å². The third-order valence-corrected chi connectivity index (χ3v) is 5.98. The largest absolute Gasteiger partial charge is 0.493 e. The van der Waals surface area contributed by atoms with Crippen LogP contribution < -0.4 is 4.74 Å². The number of rotatable bonds is 16. The number of hydrogen-bond acceptors (Lipinski definition) is 2. The second kappa shape index (κ2) is 14.9. The van der Waals surface area contributed by atoms with Gasteiger partial charge in [0, 0.05) is 24.0 Å². The third kappa shape index (κ3) is 8.20. The summed E-state index contributed by atoms with van der Waals surface area (Å²) in [6.07, 6.45) is 13.7. The van der Waals surface area contributed by atoms with Gasteiger partial charge in [-0.05, 0) is 36.8 Å². The molecule has 3 heteroatoms. The van der Waals surface area contributed by atoms with Gasteiger partial charge in [-0.3, -0.25) is 5.41 Å². The molecule has 0 heterocycles. The molecule has 0 aliphatic carbocycles. The molecule has 0 radical (unpaired) electrons. The minimum Gasteiger partial charge on any atom is -0.493 e. The Labute approximate surface area is 190 Å². The first-order chi connectivity index (χ1) is 15.2. The fourth-order valence-electron chi connectivity index (χ4n) is 4.13. The van der Waals surface area contributed by atoms with Crippen molar-refractivity contribution in [2.24, 2.45) is 0 Å². The molecule has 0 fully saturated rings. The van der Waals surface area contributed by atoms with Gasteiger partial charge in [0.25, 0.3) is 0 Å². The highest BCUT2D eigenvalue weighted by Crippen LogP contribution is 2.29. The van der Waals surface area contributed by atoms with Crippen LogP contribution in [0.15, 0.2) is 36.4 Å². The number of benzene rings is 2. The number of unbranched alkanes of at least 4 members (excludes halogenated alkanes) is 8. The van der Waals surface area contributed by atoms with Crippen molar-refractivity contribution in [1.82, 2.24) is 4.90 Å². The van der Waals surface area contributed by atoms with E-state index >= 15 is 0 Å². The molecule has 0 bridgehead atoms. The Balaban J connectivity index is 2.16. The van der Waals surface area contributed by atoms with Crippen molar-refractivity contribution >= 4 is 16.6 Å². The number of hydrogen-bond donors (Lipinski definition) is 1. The van der Waals surface area contributed by atoms with E-state index in [4.69, 9.17) is 10.1 Å². The van der Waals surface area contributed by atoms with Crippen molar-refractivity contribution in [3.05, 3.63) is 42.0 Å². The topological polar surface area (TPSA) is 36.3 Å². The lowest BCUT2D eigenvalue weighted by atomic mass is 10.0. The van der Waals surface area contributed by atoms with Crippen LogP contribution >= 0.6 is 0 Å². The Hall–Kier alpha value is -2.03. The predicted octanol–water partition coefficient (Wildman–Crippen LogP) is 8.20. The minimum atomic E-state index is 0.671. The van der Waals surface area contributed by atoms with Gasteiger partial charge in [-0.25, -0.2) is 0 Å². The summed E-state index contributed by atoms with van der Waals surface area (Å²) < 4.78 is 5.98. The van der Waals surface area contributed by atoms with E-state index < -0.39 is 0 Å². The van der Waals surface area contributed by atoms with Crippen molar-refractivity contribution in [2.45, 2.75) is 91.4 Å². The number of fused-ring (bicyclic) bond motifs is 1. The van der Waals surface area contributed by atoms with Gasteiger partial charge in [0.05, 0.1) is 6.61 Å². The van der Waals surface area contributed by atoms with Gasteiger partial charge in [-0.15, -0.1) is 0 Å². The molecule has 0 amide bonds. The third-order valence-electron chi connectivity index (χ3n) is 5.98. The average molecular weight is 425 g/mol. The summed E-state index contributed by atoms with van der Waals surface area (Å²) in [7, 11) is 0. The van der Waals surface area contributed by atoms with Gasteiger partial charge in [0.15, 0.2) is 0 Å². The molecular weight excluding hydrogens is 380 g/mol. The fourth-order valence-corrected chi connectivity index (χ4v) is 4.13. The van der Waals surface area contributed by atoms with Gasteiger partial charge in [0.2, 0.25) is 0 Å². The highest BCUT2D eigenvalue weighted by atomic mass is 16.5. The van der Waals surface area contributed by atoms with Crippen LogP contribution in [0.5, 0.6) is 5.75 Å². The van der Waals surface area contributed by atoms with Crippen LogP contribution in [0.2, 0.25) is 0 Å². The minimum absolute atomic E-state index is 0.671. The summed E-state index contributed by atoms with van der Waals surface area (Å²) in [5, 5.41) is 11.3. The van der Waals surface area contributed by atoms with E-state index in [9.17, 15) is 0 Å². The van der Waals surface area contributed by atoms with Crippen molar-refractivity contribution in [3.63, 3.8) is 0 Å². The molecule has 0 unspecified atom stereocenters. The molecule has 1 N–H and O–H groups in total. The Morgan fingerprint density at radius 1 is 0.710 bits per heavy atom. The van der Waals surface area contributed by atoms with Crippen LogP contribution in [-0.2, 0) is 0 Å². The molecule has 0 aliphatic rings. The summed E-state index contributed by atoms with van der Waals surface area (Å²) >= 11 is 0. The maximum absolute atomic E-state index is 9.10. The van der Waals surface area contributed by atoms with Crippen molar-refractivity contribution in [1.29, 1.82) is 5.41 Å². The fraction of sp³-hybridized carbons (Fsp3) is 0.607. The molecule has 0 saturated heterocycles. The zero-order valence-electron chi connectivity index (χ0n) is 20.2. The van der Waals surface area contributed by atoms with Crippen molar-refractivity contribution in [2.75, 3.05) is 19.7 Å². The molecule has 2 aromatic rings. The average Bonchev–Trinajstić information content (AvgIpc) is 2.80. The summed E-state index contributed by atoms with van der Waals surface area (Å²) in [5.41, 5.74) is 1.03. The van der Waals surface area contributed by atoms with Gasteiger partial charge in [0.1, 0.15) is 11.6 Å². The standard InChI is InChI=1S/C28H44N2O/c1-4-7-9-11-15-21-30(22-16-12-10-8-5-2)28(29)26-19-20-27(31-23-6-3)25-18-14-13-17-24(25)26/h13-14,17-20,29H,4-12,15-16,21-23H2,1-3H3. The molecule has 2 aromatic carbocycles. The van der Waals surface area contributed by atoms with Gasteiger partial charge in [-0.2, -0.15) is 0 Å².